The van der Waals surface area contributed by atoms with Crippen LogP contribution in [0.1, 0.15) is 33.4 Å². The molecule has 0 radical (unpaired) electrons. The van der Waals surface area contributed by atoms with Crippen LogP contribution in [0.5, 0.6) is 0 Å². The maximum atomic E-state index is 10.9. The summed E-state index contributed by atoms with van der Waals surface area (Å²) < 4.78 is 0. The summed E-state index contributed by atoms with van der Waals surface area (Å²) in [6.45, 7) is 4.09. The van der Waals surface area contributed by atoms with E-state index >= 15 is 0 Å². The first-order chi connectivity index (χ1) is 41.3. The average molecular weight is 1080 g/mol. The number of rotatable bonds is 12. The monoisotopic (exact) mass is 1080 g/mol. The number of anilines is 8. The molecule has 4 heterocycles. The molecule has 2 aromatic heterocycles. The van der Waals surface area contributed by atoms with Crippen molar-refractivity contribution in [2.45, 2.75) is 13.8 Å². The van der Waals surface area contributed by atoms with Gasteiger partial charge in [-0.15, -0.1) is 0 Å². The molecule has 0 fully saturated rings. The van der Waals surface area contributed by atoms with E-state index in [1.54, 1.807) is 0 Å². The number of benzene rings is 10. The Labute approximate surface area is 486 Å². The summed E-state index contributed by atoms with van der Waals surface area (Å²) in [4.78, 5) is 23.7. The predicted molar refractivity (Wildman–Crippen MR) is 344 cm³/mol. The normalized spacial score (nSPS) is 13.3. The fourth-order valence-corrected chi connectivity index (χ4v) is 11.6. The third-order valence-electron chi connectivity index (χ3n) is 15.6. The lowest BCUT2D eigenvalue weighted by Crippen LogP contribution is -2.11. The third-order valence-corrected chi connectivity index (χ3v) is 15.6. The van der Waals surface area contributed by atoms with Gasteiger partial charge in [0.15, 0.2) is 11.6 Å². The fourth-order valence-electron chi connectivity index (χ4n) is 11.6. The molecule has 0 atom stereocenters. The van der Waals surface area contributed by atoms with Gasteiger partial charge >= 0.3 is 0 Å². The lowest BCUT2D eigenvalue weighted by Gasteiger charge is -2.28. The molecule has 10 aromatic carbocycles. The van der Waals surface area contributed by atoms with E-state index in [0.29, 0.717) is 33.9 Å². The molecule has 10 nitrogen and oxygen atoms in total. The molecule has 84 heavy (non-hydrogen) atoms. The van der Waals surface area contributed by atoms with Crippen molar-refractivity contribution < 1.29 is 0 Å². The van der Waals surface area contributed by atoms with Gasteiger partial charge in [-0.3, -0.25) is 0 Å². The van der Waals surface area contributed by atoms with Crippen LogP contribution in [0.4, 0.5) is 57.1 Å². The van der Waals surface area contributed by atoms with Crippen LogP contribution in [0.2, 0.25) is 0 Å². The van der Waals surface area contributed by atoms with Gasteiger partial charge < -0.3 is 20.4 Å². The average Bonchev–Trinajstić information content (AvgIpc) is 3.45. The SMILES string of the molecule is Cc1cc(/C(C#N)=C(\C#N)c2ccc(N(c3ccccc3)c3ccc(-c4ccc(/N=C5\Nc6cccc7cccc5c67)nc4)cc3)c(C)c2)ccc1N(c1ccccc1)c1ccc(-c2ccc(/N=C3\Nc4cccc5cccc3c45)nc2)cc1. The Hall–Kier alpha value is -11.7. The van der Waals surface area contributed by atoms with Crippen LogP contribution in [0.3, 0.4) is 0 Å². The van der Waals surface area contributed by atoms with Gasteiger partial charge in [-0.2, -0.15) is 10.5 Å². The Morgan fingerprint density at radius 1 is 0.393 bits per heavy atom. The van der Waals surface area contributed by atoms with E-state index in [2.05, 4.69) is 190 Å². The maximum Gasteiger partial charge on any atom is 0.154 e. The summed E-state index contributed by atoms with van der Waals surface area (Å²) in [5, 5.41) is 33.4. The number of nitrogens with one attached hydrogen (secondary N) is 2. The minimum absolute atomic E-state index is 0.298. The van der Waals surface area contributed by atoms with Crippen molar-refractivity contribution in [3.63, 3.8) is 0 Å². The molecule has 0 saturated carbocycles. The highest BCUT2D eigenvalue weighted by Crippen LogP contribution is 2.43. The van der Waals surface area contributed by atoms with Crippen molar-refractivity contribution in [1.82, 2.24) is 9.97 Å². The van der Waals surface area contributed by atoms with Crippen LogP contribution in [0.15, 0.2) is 265 Å². The fraction of sp³-hybridized carbons (Fsp3) is 0.0270. The van der Waals surface area contributed by atoms with Gasteiger partial charge in [0.25, 0.3) is 0 Å². The minimum atomic E-state index is 0.298. The van der Waals surface area contributed by atoms with E-state index in [4.69, 9.17) is 20.0 Å². The number of hydrogen-bond acceptors (Lipinski definition) is 8. The molecule has 0 aliphatic carbocycles. The smallest absolute Gasteiger partial charge is 0.154 e. The highest BCUT2D eigenvalue weighted by atomic mass is 15.2. The zero-order valence-electron chi connectivity index (χ0n) is 45.8. The van der Waals surface area contributed by atoms with Crippen molar-refractivity contribution >= 4 is 101 Å². The first-order valence-electron chi connectivity index (χ1n) is 27.7. The van der Waals surface area contributed by atoms with Gasteiger partial charge in [0.1, 0.15) is 23.8 Å². The summed E-state index contributed by atoms with van der Waals surface area (Å²) in [5.41, 5.74) is 17.8. The quantitative estimate of drug-likeness (QED) is 0.0914. The molecule has 2 N–H and O–H groups in total. The number of para-hydroxylation sites is 2. The molecular weight excluding hydrogens is 1030 g/mol. The summed E-state index contributed by atoms with van der Waals surface area (Å²) in [5.74, 6) is 2.83. The highest BCUT2D eigenvalue weighted by Gasteiger charge is 2.23. The molecule has 0 bridgehead atoms. The lowest BCUT2D eigenvalue weighted by molar-refractivity contribution is 1.24. The highest BCUT2D eigenvalue weighted by molar-refractivity contribution is 6.27. The number of nitrogens with zero attached hydrogens (tertiary/aromatic N) is 8. The number of pyridine rings is 2. The Morgan fingerprint density at radius 2 is 0.774 bits per heavy atom. The van der Waals surface area contributed by atoms with E-state index in [1.807, 2.05) is 111 Å². The number of hydrogen-bond donors (Lipinski definition) is 2. The van der Waals surface area contributed by atoms with E-state index in [9.17, 15) is 10.5 Å². The standard InChI is InChI=1S/C74H50N10/c1-47-41-53(29-37-67(47)83(57-17-5-3-6-18-57)59-33-25-49(26-34-59)55-31-39-69(77-45-55)81-73-61-21-9-13-51-15-11-23-65(79-73)71(51)61)63(43-75)64(44-76)54-30-38-68(48(2)42-54)84(58-19-7-4-8-20-58)60-35-27-50(28-36-60)56-32-40-70(78-46-56)82-74-62-22-10-14-52-16-12-24-66(80-74)72(52)62/h3-42,45-46H,1-2H3,(H,77,79,81)(H,78,80,82)/b64-63+. The maximum absolute atomic E-state index is 10.9. The zero-order valence-corrected chi connectivity index (χ0v) is 45.8. The van der Waals surface area contributed by atoms with Gasteiger partial charge in [0.05, 0.1) is 11.1 Å². The van der Waals surface area contributed by atoms with Crippen LogP contribution in [0, 0.1) is 36.5 Å². The topological polar surface area (TPSA) is 129 Å². The Kier molecular flexibility index (Phi) is 12.9. The Balaban J connectivity index is 0.714. The van der Waals surface area contributed by atoms with E-state index in [0.717, 1.165) is 102 Å². The molecule has 14 rings (SSSR count). The molecule has 396 valence electrons. The first-order valence-corrected chi connectivity index (χ1v) is 27.7. The molecule has 2 aliphatic rings. The number of amidine groups is 2. The Bertz CT molecular complexity index is 4420. The van der Waals surface area contributed by atoms with Crippen molar-refractivity contribution in [2.24, 2.45) is 9.98 Å². The molecule has 0 unspecified atom stereocenters. The molecule has 0 saturated heterocycles. The van der Waals surface area contributed by atoms with Crippen LogP contribution in [-0.2, 0) is 0 Å². The number of aliphatic imine (C=N–C) groups is 2. The third kappa shape index (κ3) is 9.32. The first kappa shape index (κ1) is 50.5. The second-order valence-corrected chi connectivity index (χ2v) is 20.8. The summed E-state index contributed by atoms with van der Waals surface area (Å²) in [7, 11) is 0. The molecule has 0 amide bonds. The number of nitriles is 2. The van der Waals surface area contributed by atoms with Crippen molar-refractivity contribution in [3.05, 3.63) is 288 Å². The van der Waals surface area contributed by atoms with E-state index in [-0.39, 0.29) is 0 Å². The number of allylic oxidation sites excluding steroid dienone is 2. The second-order valence-electron chi connectivity index (χ2n) is 20.8. The van der Waals surface area contributed by atoms with E-state index in [1.165, 1.54) is 21.5 Å². The van der Waals surface area contributed by atoms with Crippen LogP contribution in [-0.4, -0.2) is 21.6 Å². The van der Waals surface area contributed by atoms with Crippen LogP contribution in [0.25, 0.3) is 54.9 Å². The number of aryl methyl sites for hydroxylation is 2. The van der Waals surface area contributed by atoms with Gasteiger partial charge in [-0.05, 0) is 167 Å². The molecule has 12 aromatic rings. The van der Waals surface area contributed by atoms with Crippen LogP contribution < -0.4 is 20.4 Å². The summed E-state index contributed by atoms with van der Waals surface area (Å²) in [6, 6.07) is 87.1. The van der Waals surface area contributed by atoms with Gasteiger partial charge in [-0.25, -0.2) is 20.0 Å². The summed E-state index contributed by atoms with van der Waals surface area (Å²) >= 11 is 0. The predicted octanol–water partition coefficient (Wildman–Crippen LogP) is 18.6. The molecule has 0 spiro atoms. The van der Waals surface area contributed by atoms with Crippen LogP contribution >= 0.6 is 0 Å². The number of aromatic nitrogens is 2. The largest absolute Gasteiger partial charge is 0.339 e. The molecular formula is C74H50N10. The van der Waals surface area contributed by atoms with Crippen molar-refractivity contribution in [3.8, 4) is 34.4 Å². The second kappa shape index (κ2) is 21.4. The van der Waals surface area contributed by atoms with Gasteiger partial charge in [-0.1, -0.05) is 133 Å². The summed E-state index contributed by atoms with van der Waals surface area (Å²) in [6.07, 6.45) is 3.73. The minimum Gasteiger partial charge on any atom is -0.339 e. The van der Waals surface area contributed by atoms with Crippen molar-refractivity contribution in [1.29, 1.82) is 10.5 Å². The lowest BCUT2D eigenvalue weighted by atomic mass is 9.93. The zero-order chi connectivity index (χ0) is 56.7. The molecule has 10 heteroatoms. The Morgan fingerprint density at radius 3 is 1.14 bits per heavy atom. The van der Waals surface area contributed by atoms with Gasteiger partial charge in [0.2, 0.25) is 0 Å². The van der Waals surface area contributed by atoms with Gasteiger partial charge in [0, 0.05) is 90.9 Å². The van der Waals surface area contributed by atoms with E-state index < -0.39 is 0 Å². The van der Waals surface area contributed by atoms with Crippen molar-refractivity contribution in [2.75, 3.05) is 20.4 Å². The molecule has 2 aliphatic heterocycles.